The van der Waals surface area contributed by atoms with Gasteiger partial charge in [-0.1, -0.05) is 37.8 Å². The van der Waals surface area contributed by atoms with E-state index in [9.17, 15) is 0 Å². The number of hydrogen-bond donors (Lipinski definition) is 1. The largest absolute Gasteiger partial charge is 0.258 e. The molecular formula is C19H27N2+. The first-order valence-corrected chi connectivity index (χ1v) is 8.95. The topological polar surface area (TPSA) is 19.7 Å². The molecule has 0 aliphatic heterocycles. The van der Waals surface area contributed by atoms with Crippen LogP contribution in [0.5, 0.6) is 0 Å². The normalized spacial score (nSPS) is 21.9. The van der Waals surface area contributed by atoms with Crippen LogP contribution in [-0.2, 0) is 0 Å². The van der Waals surface area contributed by atoms with Crippen molar-refractivity contribution in [2.45, 2.75) is 76.2 Å². The number of benzene rings is 1. The van der Waals surface area contributed by atoms with E-state index >= 15 is 0 Å². The molecule has 2 aromatic rings. The van der Waals surface area contributed by atoms with E-state index in [-0.39, 0.29) is 0 Å². The molecule has 21 heavy (non-hydrogen) atoms. The fraction of sp³-hybridized carbons (Fsp3) is 0.632. The van der Waals surface area contributed by atoms with Crippen molar-refractivity contribution < 1.29 is 4.57 Å². The van der Waals surface area contributed by atoms with Crippen LogP contribution >= 0.6 is 0 Å². The lowest BCUT2D eigenvalue weighted by atomic mass is 9.88. The van der Waals surface area contributed by atoms with E-state index in [0.717, 1.165) is 12.0 Å². The number of para-hydroxylation sites is 2. The average molecular weight is 283 g/mol. The predicted octanol–water partition coefficient (Wildman–Crippen LogP) is 5.01. The summed E-state index contributed by atoms with van der Waals surface area (Å²) in [5.41, 5.74) is 2.77. The van der Waals surface area contributed by atoms with Crippen LogP contribution in [0.25, 0.3) is 11.0 Å². The van der Waals surface area contributed by atoms with Gasteiger partial charge in [0.2, 0.25) is 0 Å². The Kier molecular flexibility index (Phi) is 3.71. The molecule has 0 radical (unpaired) electrons. The third-order valence-electron chi connectivity index (χ3n) is 5.62. The molecule has 2 fully saturated rings. The molecule has 0 amide bonds. The molecule has 0 spiro atoms. The number of imidazole rings is 1. The van der Waals surface area contributed by atoms with Gasteiger partial charge in [-0.25, -0.2) is 9.55 Å². The van der Waals surface area contributed by atoms with Crippen LogP contribution in [0.3, 0.4) is 0 Å². The fourth-order valence-electron chi connectivity index (χ4n) is 4.52. The highest BCUT2D eigenvalue weighted by Gasteiger charge is 2.32. The van der Waals surface area contributed by atoms with Crippen LogP contribution in [0, 0.1) is 0 Å². The molecule has 0 unspecified atom stereocenters. The summed E-state index contributed by atoms with van der Waals surface area (Å²) in [6, 6.07) is 9.65. The van der Waals surface area contributed by atoms with Crippen molar-refractivity contribution >= 4 is 11.0 Å². The van der Waals surface area contributed by atoms with E-state index in [1.54, 1.807) is 0 Å². The Balaban J connectivity index is 1.79. The van der Waals surface area contributed by atoms with Crippen molar-refractivity contribution in [2.75, 3.05) is 0 Å². The van der Waals surface area contributed by atoms with Gasteiger partial charge in [0, 0.05) is 0 Å². The summed E-state index contributed by atoms with van der Waals surface area (Å²) in [5, 5.41) is 0. The molecule has 2 nitrogen and oxygen atoms in total. The molecule has 112 valence electrons. The molecule has 1 aromatic heterocycles. The van der Waals surface area contributed by atoms with E-state index in [1.807, 2.05) is 0 Å². The smallest absolute Gasteiger partial charge is 0.241 e. The van der Waals surface area contributed by atoms with Gasteiger partial charge in [-0.2, -0.15) is 0 Å². The van der Waals surface area contributed by atoms with Crippen molar-refractivity contribution in [3.8, 4) is 0 Å². The summed E-state index contributed by atoms with van der Waals surface area (Å²) >= 11 is 0. The van der Waals surface area contributed by atoms with Crippen LogP contribution in [0.2, 0.25) is 0 Å². The average Bonchev–Trinajstić information content (AvgIpc) is 2.96. The SMILES string of the molecule is c1ccc2c(c1)[nH]c(C1CCCCC1)[n+]2C1CCCCC1. The minimum absolute atomic E-state index is 0.729. The number of nitrogens with one attached hydrogen (secondary N) is 1. The lowest BCUT2D eigenvalue weighted by Gasteiger charge is -2.24. The second-order valence-electron chi connectivity index (χ2n) is 7.02. The molecule has 0 saturated heterocycles. The van der Waals surface area contributed by atoms with Crippen LogP contribution in [-0.4, -0.2) is 4.98 Å². The second kappa shape index (κ2) is 5.82. The highest BCUT2D eigenvalue weighted by atomic mass is 15.1. The van der Waals surface area contributed by atoms with Gasteiger partial charge >= 0.3 is 0 Å². The monoisotopic (exact) mass is 283 g/mol. The maximum atomic E-state index is 3.79. The zero-order chi connectivity index (χ0) is 14.1. The van der Waals surface area contributed by atoms with Crippen molar-refractivity contribution in [2.24, 2.45) is 0 Å². The Morgan fingerprint density at radius 3 is 2.24 bits per heavy atom. The van der Waals surface area contributed by atoms with Crippen molar-refractivity contribution in [3.05, 3.63) is 30.1 Å². The van der Waals surface area contributed by atoms with Gasteiger partial charge in [-0.15, -0.1) is 0 Å². The number of fused-ring (bicyclic) bond motifs is 1. The highest BCUT2D eigenvalue weighted by Crippen LogP contribution is 2.34. The fourth-order valence-corrected chi connectivity index (χ4v) is 4.52. The van der Waals surface area contributed by atoms with E-state index in [2.05, 4.69) is 33.8 Å². The highest BCUT2D eigenvalue weighted by molar-refractivity contribution is 5.71. The number of hydrogen-bond acceptors (Lipinski definition) is 0. The number of aromatic nitrogens is 2. The summed E-state index contributed by atoms with van der Waals surface area (Å²) in [5.74, 6) is 2.29. The van der Waals surface area contributed by atoms with Gasteiger partial charge < -0.3 is 0 Å². The van der Waals surface area contributed by atoms with E-state index in [4.69, 9.17) is 0 Å². The zero-order valence-corrected chi connectivity index (χ0v) is 13.0. The lowest BCUT2D eigenvalue weighted by Crippen LogP contribution is -2.44. The summed E-state index contributed by atoms with van der Waals surface area (Å²) in [4.78, 5) is 3.79. The summed E-state index contributed by atoms with van der Waals surface area (Å²) in [6.45, 7) is 0. The Morgan fingerprint density at radius 2 is 1.48 bits per heavy atom. The third kappa shape index (κ3) is 2.49. The Hall–Kier alpha value is -1.31. The first kappa shape index (κ1) is 13.4. The molecule has 2 saturated carbocycles. The number of rotatable bonds is 2. The van der Waals surface area contributed by atoms with E-state index in [0.29, 0.717) is 0 Å². The Bertz CT molecular complexity index is 601. The molecule has 1 N–H and O–H groups in total. The van der Waals surface area contributed by atoms with E-state index < -0.39 is 0 Å². The van der Waals surface area contributed by atoms with Gasteiger partial charge in [0.05, 0.1) is 5.92 Å². The lowest BCUT2D eigenvalue weighted by molar-refractivity contribution is -0.709. The molecule has 4 rings (SSSR count). The van der Waals surface area contributed by atoms with Crippen LogP contribution in [0.4, 0.5) is 0 Å². The van der Waals surface area contributed by atoms with Gasteiger partial charge in [0.15, 0.2) is 11.0 Å². The van der Waals surface area contributed by atoms with Crippen LogP contribution in [0.1, 0.15) is 82.0 Å². The summed E-state index contributed by atoms with van der Waals surface area (Å²) < 4.78 is 2.70. The molecule has 0 atom stereocenters. The van der Waals surface area contributed by atoms with Crippen LogP contribution < -0.4 is 4.57 Å². The predicted molar refractivity (Wildman–Crippen MR) is 86.4 cm³/mol. The van der Waals surface area contributed by atoms with Gasteiger partial charge in [0.25, 0.3) is 5.82 Å². The van der Waals surface area contributed by atoms with Crippen LogP contribution in [0.15, 0.2) is 24.3 Å². The Morgan fingerprint density at radius 1 is 0.810 bits per heavy atom. The van der Waals surface area contributed by atoms with Crippen molar-refractivity contribution in [3.63, 3.8) is 0 Å². The van der Waals surface area contributed by atoms with Gasteiger partial charge in [0.1, 0.15) is 6.04 Å². The maximum Gasteiger partial charge on any atom is 0.258 e. The molecule has 1 heterocycles. The first-order chi connectivity index (χ1) is 10.4. The molecule has 2 aliphatic rings. The molecule has 0 bridgehead atoms. The second-order valence-corrected chi connectivity index (χ2v) is 7.02. The standard InChI is InChI=1S/C19H26N2/c1-3-9-15(10-4-1)19-20-17-13-7-8-14-18(17)21(19)16-11-5-2-6-12-16/h7-8,13-16H,1-6,9-12H2/p+1. The first-order valence-electron chi connectivity index (χ1n) is 8.95. The molecule has 2 heteroatoms. The maximum absolute atomic E-state index is 3.79. The molecule has 1 aromatic carbocycles. The molecular weight excluding hydrogens is 256 g/mol. The zero-order valence-electron chi connectivity index (χ0n) is 13.0. The quantitative estimate of drug-likeness (QED) is 0.748. The number of nitrogens with zero attached hydrogens (tertiary/aromatic N) is 1. The van der Waals surface area contributed by atoms with E-state index in [1.165, 1.54) is 81.1 Å². The number of aromatic amines is 1. The Labute approximate surface area is 127 Å². The minimum atomic E-state index is 0.729. The van der Waals surface area contributed by atoms with Gasteiger partial charge in [-0.3, -0.25) is 0 Å². The van der Waals surface area contributed by atoms with Crippen molar-refractivity contribution in [1.29, 1.82) is 0 Å². The number of H-pyrrole nitrogens is 1. The summed E-state index contributed by atoms with van der Waals surface area (Å²) in [7, 11) is 0. The van der Waals surface area contributed by atoms with Gasteiger partial charge in [-0.05, 0) is 50.7 Å². The minimum Gasteiger partial charge on any atom is -0.241 e. The summed E-state index contributed by atoms with van der Waals surface area (Å²) in [6.07, 6.45) is 14.0. The molecule has 2 aliphatic carbocycles. The third-order valence-corrected chi connectivity index (χ3v) is 5.62. The van der Waals surface area contributed by atoms with Crippen molar-refractivity contribution in [1.82, 2.24) is 4.98 Å².